The predicted molar refractivity (Wildman–Crippen MR) is 64.5 cm³/mol. The van der Waals surface area contributed by atoms with E-state index in [9.17, 15) is 19.7 Å². The molecular formula is C12H12N2O4. The van der Waals surface area contributed by atoms with Gasteiger partial charge in [0, 0.05) is 12.1 Å². The summed E-state index contributed by atoms with van der Waals surface area (Å²) in [5.74, 6) is -0.378. The van der Waals surface area contributed by atoms with E-state index in [0.717, 1.165) is 0 Å². The van der Waals surface area contributed by atoms with Crippen LogP contribution in [0, 0.1) is 24.0 Å². The molecule has 0 aromatic heterocycles. The van der Waals surface area contributed by atoms with Gasteiger partial charge in [0.15, 0.2) is 5.78 Å². The number of non-ortho nitro benzene ring substituents is 1. The zero-order chi connectivity index (χ0) is 13.4. The van der Waals surface area contributed by atoms with Crippen molar-refractivity contribution in [3.05, 3.63) is 33.4 Å². The Hall–Kier alpha value is -2.24. The standard InChI is InChI=1S/C12H12N2O4/c1-7-3-9(14(17)18)4-8(2)12(7)13-6-10(15)5-11(13)16/h3-4H,5-6H2,1-2H3. The molecule has 1 aromatic rings. The van der Waals surface area contributed by atoms with Gasteiger partial charge in [0.05, 0.1) is 23.6 Å². The SMILES string of the molecule is Cc1cc([N+](=O)[O-])cc(C)c1N1CC(=O)CC1=O. The number of Topliss-reactive ketones (excluding diaryl/α,β-unsaturated/α-hetero) is 1. The third kappa shape index (κ3) is 1.97. The number of nitro groups is 1. The summed E-state index contributed by atoms with van der Waals surface area (Å²) in [7, 11) is 0. The van der Waals surface area contributed by atoms with Gasteiger partial charge in [-0.2, -0.15) is 0 Å². The summed E-state index contributed by atoms with van der Waals surface area (Å²) in [5, 5.41) is 10.7. The zero-order valence-corrected chi connectivity index (χ0v) is 10.1. The number of rotatable bonds is 2. The second-order valence-corrected chi connectivity index (χ2v) is 4.38. The van der Waals surface area contributed by atoms with Crippen LogP contribution in [0.1, 0.15) is 17.5 Å². The minimum absolute atomic E-state index is 0.00766. The lowest BCUT2D eigenvalue weighted by molar-refractivity contribution is -0.384. The fraction of sp³-hybridized carbons (Fsp3) is 0.333. The summed E-state index contributed by atoms with van der Waals surface area (Å²) in [5.41, 5.74) is 1.86. The Labute approximate surface area is 103 Å². The Morgan fingerprint density at radius 2 is 1.78 bits per heavy atom. The molecule has 0 atom stereocenters. The molecule has 0 aliphatic carbocycles. The summed E-state index contributed by atoms with van der Waals surface area (Å²) < 4.78 is 0. The molecule has 1 fully saturated rings. The van der Waals surface area contributed by atoms with Crippen LogP contribution >= 0.6 is 0 Å². The van der Waals surface area contributed by atoms with Gasteiger partial charge >= 0.3 is 0 Å². The number of aryl methyl sites for hydroxylation is 2. The third-order valence-corrected chi connectivity index (χ3v) is 2.94. The van der Waals surface area contributed by atoms with Crippen molar-refractivity contribution >= 4 is 23.1 Å². The molecule has 1 amide bonds. The molecule has 1 aliphatic heterocycles. The predicted octanol–water partition coefficient (Wildman–Crippen LogP) is 1.52. The second kappa shape index (κ2) is 4.21. The molecule has 1 aromatic carbocycles. The fourth-order valence-corrected chi connectivity index (χ4v) is 2.25. The molecule has 0 N–H and O–H groups in total. The topological polar surface area (TPSA) is 80.5 Å². The van der Waals surface area contributed by atoms with E-state index in [1.165, 1.54) is 17.0 Å². The maximum absolute atomic E-state index is 11.7. The second-order valence-electron chi connectivity index (χ2n) is 4.38. The first-order chi connectivity index (χ1) is 8.40. The first-order valence-corrected chi connectivity index (χ1v) is 5.48. The van der Waals surface area contributed by atoms with Gasteiger partial charge in [-0.3, -0.25) is 19.7 Å². The van der Waals surface area contributed by atoms with Gasteiger partial charge in [-0.1, -0.05) is 0 Å². The average molecular weight is 248 g/mol. The van der Waals surface area contributed by atoms with Gasteiger partial charge < -0.3 is 4.90 Å². The molecular weight excluding hydrogens is 236 g/mol. The van der Waals surface area contributed by atoms with Crippen molar-refractivity contribution < 1.29 is 14.5 Å². The molecule has 94 valence electrons. The van der Waals surface area contributed by atoms with E-state index in [1.54, 1.807) is 13.8 Å². The van der Waals surface area contributed by atoms with Gasteiger partial charge in [0.25, 0.3) is 5.69 Å². The molecule has 6 nitrogen and oxygen atoms in total. The molecule has 0 spiro atoms. The van der Waals surface area contributed by atoms with Crippen molar-refractivity contribution in [3.63, 3.8) is 0 Å². The molecule has 1 saturated heterocycles. The van der Waals surface area contributed by atoms with Crippen molar-refractivity contribution in [3.8, 4) is 0 Å². The van der Waals surface area contributed by atoms with E-state index in [2.05, 4.69) is 0 Å². The lowest BCUT2D eigenvalue weighted by Crippen LogP contribution is -2.26. The number of nitro benzene ring substituents is 1. The number of anilines is 1. The molecule has 0 saturated carbocycles. The van der Waals surface area contributed by atoms with Crippen LogP contribution in [-0.4, -0.2) is 23.2 Å². The quantitative estimate of drug-likeness (QED) is 0.451. The number of benzene rings is 1. The first kappa shape index (κ1) is 12.2. The summed E-state index contributed by atoms with van der Waals surface area (Å²) in [4.78, 5) is 34.6. The summed E-state index contributed by atoms with van der Waals surface area (Å²) in [6, 6.07) is 2.83. The Morgan fingerprint density at radius 3 is 2.17 bits per heavy atom. The summed E-state index contributed by atoms with van der Waals surface area (Å²) in [6.45, 7) is 3.45. The van der Waals surface area contributed by atoms with Crippen LogP contribution in [0.4, 0.5) is 11.4 Å². The number of ketones is 1. The Balaban J connectivity index is 2.49. The van der Waals surface area contributed by atoms with E-state index < -0.39 is 4.92 Å². The monoisotopic (exact) mass is 248 g/mol. The van der Waals surface area contributed by atoms with Crippen LogP contribution in [0.5, 0.6) is 0 Å². The highest BCUT2D eigenvalue weighted by atomic mass is 16.6. The van der Waals surface area contributed by atoms with Crippen molar-refractivity contribution in [1.82, 2.24) is 0 Å². The smallest absolute Gasteiger partial charge is 0.270 e. The van der Waals surface area contributed by atoms with E-state index >= 15 is 0 Å². The van der Waals surface area contributed by atoms with Crippen molar-refractivity contribution in [2.75, 3.05) is 11.4 Å². The average Bonchev–Trinajstić information content (AvgIpc) is 2.56. The van der Waals surface area contributed by atoms with Crippen LogP contribution in [0.25, 0.3) is 0 Å². The Bertz CT molecular complexity index is 542. The third-order valence-electron chi connectivity index (χ3n) is 2.94. The maximum Gasteiger partial charge on any atom is 0.270 e. The van der Waals surface area contributed by atoms with Crippen LogP contribution in [0.2, 0.25) is 0 Å². The van der Waals surface area contributed by atoms with Crippen molar-refractivity contribution in [1.29, 1.82) is 0 Å². The molecule has 1 aliphatic rings. The molecule has 0 unspecified atom stereocenters. The highest BCUT2D eigenvalue weighted by Crippen LogP contribution is 2.31. The zero-order valence-electron chi connectivity index (χ0n) is 10.1. The minimum Gasteiger partial charge on any atom is -0.304 e. The molecule has 0 bridgehead atoms. The molecule has 0 radical (unpaired) electrons. The number of hydrogen-bond donors (Lipinski definition) is 0. The normalized spacial score (nSPS) is 15.3. The van der Waals surface area contributed by atoms with E-state index in [-0.39, 0.29) is 30.3 Å². The summed E-state index contributed by atoms with van der Waals surface area (Å²) >= 11 is 0. The van der Waals surface area contributed by atoms with Crippen molar-refractivity contribution in [2.45, 2.75) is 20.3 Å². The van der Waals surface area contributed by atoms with E-state index in [1.807, 2.05) is 0 Å². The largest absolute Gasteiger partial charge is 0.304 e. The molecule has 1 heterocycles. The number of carbonyl (C=O) groups is 2. The fourth-order valence-electron chi connectivity index (χ4n) is 2.25. The van der Waals surface area contributed by atoms with Gasteiger partial charge in [-0.05, 0) is 25.0 Å². The minimum atomic E-state index is -0.471. The van der Waals surface area contributed by atoms with E-state index in [4.69, 9.17) is 0 Å². The van der Waals surface area contributed by atoms with Gasteiger partial charge in [0.1, 0.15) is 0 Å². The van der Waals surface area contributed by atoms with Crippen LogP contribution < -0.4 is 4.90 Å². The van der Waals surface area contributed by atoms with Crippen LogP contribution in [-0.2, 0) is 9.59 Å². The lowest BCUT2D eigenvalue weighted by atomic mass is 10.1. The molecule has 2 rings (SSSR count). The molecule has 6 heteroatoms. The van der Waals surface area contributed by atoms with Crippen LogP contribution in [0.3, 0.4) is 0 Å². The lowest BCUT2D eigenvalue weighted by Gasteiger charge is -2.19. The highest BCUT2D eigenvalue weighted by molar-refractivity contribution is 6.15. The number of hydrogen-bond acceptors (Lipinski definition) is 4. The van der Waals surface area contributed by atoms with Crippen molar-refractivity contribution in [2.24, 2.45) is 0 Å². The number of nitrogens with zero attached hydrogens (tertiary/aromatic N) is 2. The number of amides is 1. The first-order valence-electron chi connectivity index (χ1n) is 5.48. The van der Waals surface area contributed by atoms with Gasteiger partial charge in [-0.15, -0.1) is 0 Å². The van der Waals surface area contributed by atoms with Gasteiger partial charge in [0.2, 0.25) is 5.91 Å². The highest BCUT2D eigenvalue weighted by Gasteiger charge is 2.31. The van der Waals surface area contributed by atoms with E-state index in [0.29, 0.717) is 16.8 Å². The maximum atomic E-state index is 11.7. The summed E-state index contributed by atoms with van der Waals surface area (Å²) in [6.07, 6.45) is -0.0874. The van der Waals surface area contributed by atoms with Gasteiger partial charge in [-0.25, -0.2) is 0 Å². The Kier molecular flexibility index (Phi) is 2.86. The molecule has 18 heavy (non-hydrogen) atoms. The number of carbonyl (C=O) groups excluding carboxylic acids is 2. The Morgan fingerprint density at radius 1 is 1.22 bits per heavy atom. The van der Waals surface area contributed by atoms with Crippen LogP contribution in [0.15, 0.2) is 12.1 Å².